The molecule has 1 aromatic carbocycles. The summed E-state index contributed by atoms with van der Waals surface area (Å²) in [5, 5.41) is 10.5. The molecule has 3 heteroatoms. The number of nitrogens with one attached hydrogen (secondary N) is 1. The summed E-state index contributed by atoms with van der Waals surface area (Å²) in [5.74, 6) is 3.60. The Kier molecular flexibility index (Phi) is 15.6. The first kappa shape index (κ1) is 26.5. The van der Waals surface area contributed by atoms with Gasteiger partial charge in [0.15, 0.2) is 0 Å². The van der Waals surface area contributed by atoms with E-state index in [1.54, 1.807) is 24.3 Å². The molecule has 0 heterocycles. The summed E-state index contributed by atoms with van der Waals surface area (Å²) in [6.45, 7) is 14.3. The van der Waals surface area contributed by atoms with Crippen LogP contribution in [0.3, 0.4) is 0 Å². The molecule has 1 rings (SSSR count). The molecule has 1 amide bonds. The molecule has 0 aliphatic carbocycles. The van der Waals surface area contributed by atoms with Gasteiger partial charge in [0.05, 0.1) is 0 Å². The fraction of sp³-hybridized carbons (Fsp3) is 0.720. The van der Waals surface area contributed by atoms with Crippen molar-refractivity contribution in [1.82, 2.24) is 0 Å². The first-order chi connectivity index (χ1) is 13.3. The Morgan fingerprint density at radius 2 is 1.46 bits per heavy atom. The van der Waals surface area contributed by atoms with E-state index in [-0.39, 0.29) is 0 Å². The van der Waals surface area contributed by atoms with Gasteiger partial charge in [-0.1, -0.05) is 111 Å². The lowest BCUT2D eigenvalue weighted by molar-refractivity contribution is 0.210. The number of hydrogen-bond acceptors (Lipinski definition) is 1. The Balaban J connectivity index is 0.000000609. The van der Waals surface area contributed by atoms with Crippen molar-refractivity contribution in [2.75, 3.05) is 5.32 Å². The second-order valence-corrected chi connectivity index (χ2v) is 8.80. The summed E-state index contributed by atoms with van der Waals surface area (Å²) in [5.41, 5.74) is 0.593. The maximum Gasteiger partial charge on any atom is 0.409 e. The Morgan fingerprint density at radius 1 is 0.857 bits per heavy atom. The first-order valence-corrected chi connectivity index (χ1v) is 11.3. The number of benzene rings is 1. The smallest absolute Gasteiger partial charge is 0.409 e. The molecule has 162 valence electrons. The standard InChI is InChI=1S/C18H38.C7H7NO2/c1-7-8-9-10-13-18(16(4)5)14-11-12-17(6)15(2)3;9-7(10)8-6-4-2-1-3-5-6/h15-18H,7-14H2,1-6H3;1-5,8H,(H,9,10)/t17?,18-;/m1./s1. The Labute approximate surface area is 174 Å². The molecule has 0 fully saturated rings. The molecule has 0 aromatic heterocycles. The molecule has 1 unspecified atom stereocenters. The topological polar surface area (TPSA) is 49.3 Å². The van der Waals surface area contributed by atoms with E-state index < -0.39 is 6.09 Å². The third-order valence-electron chi connectivity index (χ3n) is 5.77. The minimum Gasteiger partial charge on any atom is -0.465 e. The predicted octanol–water partition coefficient (Wildman–Crippen LogP) is 8.47. The van der Waals surface area contributed by atoms with Gasteiger partial charge in [0, 0.05) is 5.69 Å². The molecule has 3 nitrogen and oxygen atoms in total. The van der Waals surface area contributed by atoms with Gasteiger partial charge in [0.25, 0.3) is 0 Å². The molecule has 2 N–H and O–H groups in total. The number of carbonyl (C=O) groups is 1. The maximum atomic E-state index is 10.1. The number of carboxylic acid groups (broad SMARTS) is 1. The zero-order valence-electron chi connectivity index (χ0n) is 19.2. The van der Waals surface area contributed by atoms with Crippen LogP contribution in [0, 0.1) is 23.7 Å². The number of hydrogen-bond donors (Lipinski definition) is 2. The largest absolute Gasteiger partial charge is 0.465 e. The van der Waals surface area contributed by atoms with Crippen molar-refractivity contribution >= 4 is 11.8 Å². The van der Waals surface area contributed by atoms with Gasteiger partial charge in [0.2, 0.25) is 0 Å². The van der Waals surface area contributed by atoms with Gasteiger partial charge >= 0.3 is 6.09 Å². The molecule has 0 aliphatic heterocycles. The number of rotatable bonds is 12. The van der Waals surface area contributed by atoms with Gasteiger partial charge in [-0.05, 0) is 35.8 Å². The number of para-hydroxylation sites is 1. The second-order valence-electron chi connectivity index (χ2n) is 8.80. The lowest BCUT2D eigenvalue weighted by Crippen LogP contribution is -2.10. The summed E-state index contributed by atoms with van der Waals surface area (Å²) in [6.07, 6.45) is 10.4. The maximum absolute atomic E-state index is 10.1. The van der Waals surface area contributed by atoms with Crippen molar-refractivity contribution in [3.63, 3.8) is 0 Å². The van der Waals surface area contributed by atoms with Crippen LogP contribution in [0.4, 0.5) is 10.5 Å². The molecular formula is C25H45NO2. The highest BCUT2D eigenvalue weighted by molar-refractivity contribution is 5.82. The van der Waals surface area contributed by atoms with Crippen LogP contribution < -0.4 is 5.32 Å². The summed E-state index contributed by atoms with van der Waals surface area (Å²) in [7, 11) is 0. The Morgan fingerprint density at radius 3 is 1.96 bits per heavy atom. The van der Waals surface area contributed by atoms with Crippen molar-refractivity contribution < 1.29 is 9.90 Å². The molecule has 2 atom stereocenters. The van der Waals surface area contributed by atoms with Gasteiger partial charge < -0.3 is 5.11 Å². The Bertz CT molecular complexity index is 485. The molecule has 28 heavy (non-hydrogen) atoms. The average molecular weight is 392 g/mol. The van der Waals surface area contributed by atoms with Gasteiger partial charge in [-0.2, -0.15) is 0 Å². The van der Waals surface area contributed by atoms with Crippen LogP contribution >= 0.6 is 0 Å². The average Bonchev–Trinajstić information content (AvgIpc) is 2.64. The van der Waals surface area contributed by atoms with Crippen molar-refractivity contribution in [1.29, 1.82) is 0 Å². The molecule has 0 saturated carbocycles. The lowest BCUT2D eigenvalue weighted by atomic mass is 9.84. The van der Waals surface area contributed by atoms with Crippen molar-refractivity contribution in [2.45, 2.75) is 92.9 Å². The minimum absolute atomic E-state index is 0.593. The normalized spacial score (nSPS) is 13.0. The van der Waals surface area contributed by atoms with E-state index in [1.165, 1.54) is 51.4 Å². The van der Waals surface area contributed by atoms with Gasteiger partial charge in [-0.15, -0.1) is 0 Å². The van der Waals surface area contributed by atoms with Crippen molar-refractivity contribution in [2.24, 2.45) is 23.7 Å². The van der Waals surface area contributed by atoms with Gasteiger partial charge in [-0.25, -0.2) is 4.79 Å². The zero-order chi connectivity index (χ0) is 21.4. The minimum atomic E-state index is -1.04. The van der Waals surface area contributed by atoms with E-state index in [0.29, 0.717) is 5.69 Å². The number of anilines is 1. The summed E-state index contributed by atoms with van der Waals surface area (Å²) >= 11 is 0. The van der Waals surface area contributed by atoms with Crippen molar-refractivity contribution in [3.05, 3.63) is 30.3 Å². The summed E-state index contributed by atoms with van der Waals surface area (Å²) < 4.78 is 0. The highest BCUT2D eigenvalue weighted by Crippen LogP contribution is 2.27. The number of unbranched alkanes of at least 4 members (excludes halogenated alkanes) is 3. The summed E-state index contributed by atoms with van der Waals surface area (Å²) in [6, 6.07) is 8.74. The first-order valence-electron chi connectivity index (χ1n) is 11.3. The molecular weight excluding hydrogens is 346 g/mol. The van der Waals surface area contributed by atoms with E-state index in [2.05, 4.69) is 46.9 Å². The third-order valence-corrected chi connectivity index (χ3v) is 5.77. The van der Waals surface area contributed by atoms with E-state index in [0.717, 1.165) is 23.7 Å². The Hall–Kier alpha value is -1.51. The van der Waals surface area contributed by atoms with Crippen molar-refractivity contribution in [3.8, 4) is 0 Å². The van der Waals surface area contributed by atoms with Crippen LogP contribution in [0.25, 0.3) is 0 Å². The number of amides is 1. The van der Waals surface area contributed by atoms with Crippen LogP contribution in [0.1, 0.15) is 92.9 Å². The van der Waals surface area contributed by atoms with E-state index in [4.69, 9.17) is 5.11 Å². The van der Waals surface area contributed by atoms with Crippen LogP contribution in [-0.2, 0) is 0 Å². The molecule has 0 radical (unpaired) electrons. The van der Waals surface area contributed by atoms with Crippen LogP contribution in [0.5, 0.6) is 0 Å². The van der Waals surface area contributed by atoms with Crippen LogP contribution in [-0.4, -0.2) is 11.2 Å². The fourth-order valence-electron chi connectivity index (χ4n) is 3.32. The van der Waals surface area contributed by atoms with Crippen LogP contribution in [0.2, 0.25) is 0 Å². The molecule has 0 aliphatic rings. The monoisotopic (exact) mass is 391 g/mol. The second kappa shape index (κ2) is 16.4. The third kappa shape index (κ3) is 14.5. The van der Waals surface area contributed by atoms with E-state index in [1.807, 2.05) is 6.07 Å². The van der Waals surface area contributed by atoms with E-state index >= 15 is 0 Å². The zero-order valence-corrected chi connectivity index (χ0v) is 19.2. The van der Waals surface area contributed by atoms with E-state index in [9.17, 15) is 4.79 Å². The SMILES string of the molecule is CCCCCC[C@H](CCCC(C)C(C)C)C(C)C.O=C(O)Nc1ccccc1. The van der Waals surface area contributed by atoms with Gasteiger partial charge in [-0.3, -0.25) is 5.32 Å². The molecule has 0 spiro atoms. The summed E-state index contributed by atoms with van der Waals surface area (Å²) in [4.78, 5) is 10.1. The van der Waals surface area contributed by atoms with Gasteiger partial charge in [0.1, 0.15) is 0 Å². The lowest BCUT2D eigenvalue weighted by Gasteiger charge is -2.22. The molecule has 1 aromatic rings. The molecule has 0 bridgehead atoms. The predicted molar refractivity (Wildman–Crippen MR) is 123 cm³/mol. The highest BCUT2D eigenvalue weighted by Gasteiger charge is 2.14. The fourth-order valence-corrected chi connectivity index (χ4v) is 3.32. The molecule has 0 saturated heterocycles. The van der Waals surface area contributed by atoms with Crippen LogP contribution in [0.15, 0.2) is 30.3 Å². The quantitative estimate of drug-likeness (QED) is 0.351. The highest BCUT2D eigenvalue weighted by atomic mass is 16.4.